The minimum absolute atomic E-state index is 0.270. The predicted octanol–water partition coefficient (Wildman–Crippen LogP) is 2.99. The summed E-state index contributed by atoms with van der Waals surface area (Å²) in [6.45, 7) is 2.08. The molecule has 2 aromatic carbocycles. The Labute approximate surface area is 113 Å². The van der Waals surface area contributed by atoms with Gasteiger partial charge in [-0.3, -0.25) is 0 Å². The van der Waals surface area contributed by atoms with E-state index in [1.54, 1.807) is 0 Å². The predicted molar refractivity (Wildman–Crippen MR) is 77.1 cm³/mol. The molecule has 2 nitrogen and oxygen atoms in total. The van der Waals surface area contributed by atoms with Crippen molar-refractivity contribution in [2.24, 2.45) is 0 Å². The molecule has 1 unspecified atom stereocenters. The van der Waals surface area contributed by atoms with E-state index < -0.39 is 0 Å². The number of nitrogens with two attached hydrogens (primary N) is 1. The van der Waals surface area contributed by atoms with Crippen molar-refractivity contribution in [3.05, 3.63) is 59.2 Å². The summed E-state index contributed by atoms with van der Waals surface area (Å²) < 4.78 is 5.68. The lowest BCUT2D eigenvalue weighted by molar-refractivity contribution is 0.254. The number of ether oxygens (including phenoxy) is 1. The van der Waals surface area contributed by atoms with Crippen LogP contribution in [0.25, 0.3) is 0 Å². The Kier molecular flexibility index (Phi) is 2.89. The lowest BCUT2D eigenvalue weighted by Crippen LogP contribution is -2.05. The monoisotopic (exact) mass is 249 g/mol. The van der Waals surface area contributed by atoms with Gasteiger partial charge in [-0.1, -0.05) is 17.9 Å². The molecule has 1 aliphatic rings. The summed E-state index contributed by atoms with van der Waals surface area (Å²) in [6.07, 6.45) is 1.23. The van der Waals surface area contributed by atoms with Crippen LogP contribution in [-0.2, 0) is 6.42 Å². The molecule has 1 atom stereocenters. The molecule has 0 aliphatic carbocycles. The van der Waals surface area contributed by atoms with E-state index in [4.69, 9.17) is 10.5 Å². The number of hydrogen-bond acceptors (Lipinski definition) is 2. The van der Waals surface area contributed by atoms with Crippen LogP contribution in [0.1, 0.15) is 23.6 Å². The van der Waals surface area contributed by atoms with Gasteiger partial charge in [-0.05, 0) is 48.9 Å². The van der Waals surface area contributed by atoms with E-state index in [0.29, 0.717) is 0 Å². The number of hydrogen-bond donors (Lipinski definition) is 1. The van der Waals surface area contributed by atoms with E-state index in [1.807, 2.05) is 36.4 Å². The van der Waals surface area contributed by atoms with Gasteiger partial charge in [0, 0.05) is 23.2 Å². The average molecular weight is 249 g/mol. The van der Waals surface area contributed by atoms with Crippen LogP contribution >= 0.6 is 0 Å². The zero-order chi connectivity index (χ0) is 13.2. The van der Waals surface area contributed by atoms with Crippen LogP contribution in [0.4, 0.5) is 5.69 Å². The molecule has 0 saturated carbocycles. The first-order chi connectivity index (χ1) is 9.20. The van der Waals surface area contributed by atoms with Crippen LogP contribution in [0, 0.1) is 11.8 Å². The van der Waals surface area contributed by atoms with Crippen molar-refractivity contribution >= 4 is 5.69 Å². The third-order valence-electron chi connectivity index (χ3n) is 3.13. The van der Waals surface area contributed by atoms with Gasteiger partial charge in [0.15, 0.2) is 0 Å². The van der Waals surface area contributed by atoms with Crippen molar-refractivity contribution < 1.29 is 4.74 Å². The summed E-state index contributed by atoms with van der Waals surface area (Å²) in [5.74, 6) is 7.29. The van der Waals surface area contributed by atoms with E-state index >= 15 is 0 Å². The summed E-state index contributed by atoms with van der Waals surface area (Å²) >= 11 is 0. The molecule has 0 radical (unpaired) electrons. The summed E-state index contributed by atoms with van der Waals surface area (Å²) in [7, 11) is 0. The fourth-order valence-corrected chi connectivity index (χ4v) is 2.26. The maximum absolute atomic E-state index is 5.73. The average Bonchev–Trinajstić information content (AvgIpc) is 2.75. The van der Waals surface area contributed by atoms with E-state index in [9.17, 15) is 0 Å². The summed E-state index contributed by atoms with van der Waals surface area (Å²) in [4.78, 5) is 0. The van der Waals surface area contributed by atoms with E-state index in [2.05, 4.69) is 24.8 Å². The number of nitrogen functional groups attached to an aromatic ring is 1. The van der Waals surface area contributed by atoms with Gasteiger partial charge in [-0.15, -0.1) is 0 Å². The number of rotatable bonds is 0. The number of fused-ring (bicyclic) bond motifs is 1. The third-order valence-corrected chi connectivity index (χ3v) is 3.13. The van der Waals surface area contributed by atoms with Gasteiger partial charge in [-0.25, -0.2) is 0 Å². The standard InChI is InChI=1S/C17H15NO/c1-12-9-15-10-14(7-8-17(15)19-12)6-5-13-3-2-4-16(18)11-13/h2-4,7-8,10-12H,9,18H2,1H3. The second-order valence-electron chi connectivity index (χ2n) is 4.83. The van der Waals surface area contributed by atoms with Gasteiger partial charge >= 0.3 is 0 Å². The Balaban J connectivity index is 1.87. The summed E-state index contributed by atoms with van der Waals surface area (Å²) in [6, 6.07) is 13.7. The maximum atomic E-state index is 5.73. The van der Waals surface area contributed by atoms with Crippen molar-refractivity contribution in [2.45, 2.75) is 19.4 Å². The zero-order valence-corrected chi connectivity index (χ0v) is 10.8. The molecule has 0 fully saturated rings. The molecular formula is C17H15NO. The Morgan fingerprint density at radius 1 is 1.11 bits per heavy atom. The van der Waals surface area contributed by atoms with Crippen LogP contribution in [0.3, 0.4) is 0 Å². The Hall–Kier alpha value is -2.40. The van der Waals surface area contributed by atoms with E-state index in [1.165, 1.54) is 5.56 Å². The lowest BCUT2D eigenvalue weighted by atomic mass is 10.1. The molecule has 19 heavy (non-hydrogen) atoms. The minimum atomic E-state index is 0.270. The van der Waals surface area contributed by atoms with Crippen LogP contribution < -0.4 is 10.5 Å². The molecule has 3 rings (SSSR count). The van der Waals surface area contributed by atoms with E-state index in [0.717, 1.165) is 29.0 Å². The Morgan fingerprint density at radius 3 is 2.68 bits per heavy atom. The molecule has 2 heteroatoms. The maximum Gasteiger partial charge on any atom is 0.123 e. The first-order valence-electron chi connectivity index (χ1n) is 6.38. The highest BCUT2D eigenvalue weighted by Crippen LogP contribution is 2.29. The molecule has 0 bridgehead atoms. The van der Waals surface area contributed by atoms with Gasteiger partial charge in [-0.2, -0.15) is 0 Å². The molecule has 94 valence electrons. The van der Waals surface area contributed by atoms with Crippen LogP contribution in [0.5, 0.6) is 5.75 Å². The smallest absolute Gasteiger partial charge is 0.123 e. The largest absolute Gasteiger partial charge is 0.490 e. The second kappa shape index (κ2) is 4.70. The van der Waals surface area contributed by atoms with Crippen molar-refractivity contribution in [1.82, 2.24) is 0 Å². The van der Waals surface area contributed by atoms with Crippen molar-refractivity contribution in [3.8, 4) is 17.6 Å². The minimum Gasteiger partial charge on any atom is -0.490 e. The van der Waals surface area contributed by atoms with Gasteiger partial charge in [0.2, 0.25) is 0 Å². The van der Waals surface area contributed by atoms with Crippen LogP contribution in [0.2, 0.25) is 0 Å². The fourth-order valence-electron chi connectivity index (χ4n) is 2.26. The lowest BCUT2D eigenvalue weighted by Gasteiger charge is -2.01. The van der Waals surface area contributed by atoms with Gasteiger partial charge < -0.3 is 10.5 Å². The van der Waals surface area contributed by atoms with Crippen molar-refractivity contribution in [3.63, 3.8) is 0 Å². The van der Waals surface area contributed by atoms with Gasteiger partial charge in [0.05, 0.1) is 0 Å². The first kappa shape index (κ1) is 11.7. The second-order valence-corrected chi connectivity index (χ2v) is 4.83. The van der Waals surface area contributed by atoms with Gasteiger partial charge in [0.25, 0.3) is 0 Å². The molecule has 0 aromatic heterocycles. The van der Waals surface area contributed by atoms with Gasteiger partial charge in [0.1, 0.15) is 11.9 Å². The summed E-state index contributed by atoms with van der Waals surface area (Å²) in [5.41, 5.74) is 9.66. The molecule has 0 amide bonds. The van der Waals surface area contributed by atoms with E-state index in [-0.39, 0.29) is 6.10 Å². The summed E-state index contributed by atoms with van der Waals surface area (Å²) in [5, 5.41) is 0. The van der Waals surface area contributed by atoms with Crippen molar-refractivity contribution in [1.29, 1.82) is 0 Å². The molecule has 0 saturated heterocycles. The normalized spacial score (nSPS) is 16.2. The molecule has 2 N–H and O–H groups in total. The molecule has 1 heterocycles. The van der Waals surface area contributed by atoms with Crippen molar-refractivity contribution in [2.75, 3.05) is 5.73 Å². The molecule has 0 spiro atoms. The highest BCUT2D eigenvalue weighted by Gasteiger charge is 2.18. The topological polar surface area (TPSA) is 35.2 Å². The Morgan fingerprint density at radius 2 is 1.89 bits per heavy atom. The molecule has 1 aliphatic heterocycles. The highest BCUT2D eigenvalue weighted by molar-refractivity contribution is 5.51. The Bertz CT molecular complexity index is 679. The highest BCUT2D eigenvalue weighted by atomic mass is 16.5. The zero-order valence-electron chi connectivity index (χ0n) is 10.8. The molecule has 2 aromatic rings. The fraction of sp³-hybridized carbons (Fsp3) is 0.176. The van der Waals surface area contributed by atoms with Crippen LogP contribution in [0.15, 0.2) is 42.5 Å². The molecular weight excluding hydrogens is 234 g/mol. The number of benzene rings is 2. The van der Waals surface area contributed by atoms with Crippen LogP contribution in [-0.4, -0.2) is 6.10 Å². The third kappa shape index (κ3) is 2.56. The number of anilines is 1. The SMILES string of the molecule is CC1Cc2cc(C#Cc3cccc(N)c3)ccc2O1. The first-order valence-corrected chi connectivity index (χ1v) is 6.38. The quantitative estimate of drug-likeness (QED) is 0.575.